The minimum absolute atomic E-state index is 0.192. The third-order valence-corrected chi connectivity index (χ3v) is 1.04. The standard InChI is InChI=1S/C7H11NO3/c1-3-6(2)4-5-11-7(9)8-10/h3,10H,1-2,4-5H2,(H,8,9). The Morgan fingerprint density at radius 1 is 1.73 bits per heavy atom. The summed E-state index contributed by atoms with van der Waals surface area (Å²) in [6, 6.07) is 0. The number of carbonyl (C=O) groups is 1. The second-order valence-electron chi connectivity index (χ2n) is 1.86. The number of carbonyl (C=O) groups excluding carboxylic acids is 1. The lowest BCUT2D eigenvalue weighted by Gasteiger charge is -2.01. The first kappa shape index (κ1) is 9.71. The van der Waals surface area contributed by atoms with Crippen LogP contribution in [0.3, 0.4) is 0 Å². The molecule has 0 aromatic rings. The first-order valence-electron chi connectivity index (χ1n) is 3.07. The molecule has 0 aliphatic rings. The van der Waals surface area contributed by atoms with Crippen LogP contribution in [0.25, 0.3) is 0 Å². The molecular formula is C7H11NO3. The molecular weight excluding hydrogens is 146 g/mol. The van der Waals surface area contributed by atoms with Crippen molar-refractivity contribution >= 4 is 6.09 Å². The number of rotatable bonds is 4. The Kier molecular flexibility index (Phi) is 4.85. The SMILES string of the molecule is C=CC(=C)CCOC(=O)NO. The highest BCUT2D eigenvalue weighted by atomic mass is 16.6. The molecule has 0 spiro atoms. The van der Waals surface area contributed by atoms with E-state index in [4.69, 9.17) is 5.21 Å². The molecule has 0 aliphatic carbocycles. The van der Waals surface area contributed by atoms with Crippen LogP contribution in [0, 0.1) is 0 Å². The van der Waals surface area contributed by atoms with Crippen molar-refractivity contribution in [2.24, 2.45) is 0 Å². The van der Waals surface area contributed by atoms with Gasteiger partial charge in [-0.3, -0.25) is 5.21 Å². The second kappa shape index (κ2) is 5.49. The minimum atomic E-state index is -0.859. The van der Waals surface area contributed by atoms with Crippen LogP contribution in [-0.4, -0.2) is 17.9 Å². The summed E-state index contributed by atoms with van der Waals surface area (Å²) in [6.45, 7) is 7.27. The van der Waals surface area contributed by atoms with Gasteiger partial charge < -0.3 is 4.74 Å². The van der Waals surface area contributed by atoms with Gasteiger partial charge in [0.15, 0.2) is 0 Å². The second-order valence-corrected chi connectivity index (χ2v) is 1.86. The molecule has 0 atom stereocenters. The van der Waals surface area contributed by atoms with Gasteiger partial charge in [-0.1, -0.05) is 24.8 Å². The van der Waals surface area contributed by atoms with Gasteiger partial charge in [-0.15, -0.1) is 0 Å². The smallest absolute Gasteiger partial charge is 0.431 e. The van der Waals surface area contributed by atoms with Crippen molar-refractivity contribution in [3.05, 3.63) is 24.8 Å². The fourth-order valence-electron chi connectivity index (χ4n) is 0.409. The predicted octanol–water partition coefficient (Wildman–Crippen LogP) is 1.23. The Morgan fingerprint density at radius 2 is 2.36 bits per heavy atom. The maximum Gasteiger partial charge on any atom is 0.431 e. The van der Waals surface area contributed by atoms with Crippen LogP contribution in [-0.2, 0) is 4.74 Å². The molecule has 0 rings (SSSR count). The summed E-state index contributed by atoms with van der Waals surface area (Å²) < 4.78 is 4.46. The summed E-state index contributed by atoms with van der Waals surface area (Å²) >= 11 is 0. The number of allylic oxidation sites excluding steroid dienone is 1. The summed E-state index contributed by atoms with van der Waals surface area (Å²) in [4.78, 5) is 10.2. The fourth-order valence-corrected chi connectivity index (χ4v) is 0.409. The maximum absolute atomic E-state index is 10.2. The Morgan fingerprint density at radius 3 is 2.82 bits per heavy atom. The van der Waals surface area contributed by atoms with E-state index in [0.29, 0.717) is 6.42 Å². The number of ether oxygens (including phenoxy) is 1. The molecule has 0 heterocycles. The van der Waals surface area contributed by atoms with Crippen LogP contribution in [0.15, 0.2) is 24.8 Å². The Labute approximate surface area is 65.1 Å². The molecule has 0 fully saturated rings. The van der Waals surface area contributed by atoms with E-state index in [-0.39, 0.29) is 6.61 Å². The van der Waals surface area contributed by atoms with E-state index in [1.165, 1.54) is 5.48 Å². The fraction of sp³-hybridized carbons (Fsp3) is 0.286. The van der Waals surface area contributed by atoms with E-state index in [1.54, 1.807) is 6.08 Å². The van der Waals surface area contributed by atoms with Crippen molar-refractivity contribution < 1.29 is 14.7 Å². The average molecular weight is 157 g/mol. The molecule has 0 saturated carbocycles. The van der Waals surface area contributed by atoms with E-state index < -0.39 is 6.09 Å². The monoisotopic (exact) mass is 157 g/mol. The Bertz CT molecular complexity index is 165. The molecule has 2 N–H and O–H groups in total. The molecule has 0 bridgehead atoms. The van der Waals surface area contributed by atoms with Crippen LogP contribution in [0.5, 0.6) is 0 Å². The number of nitrogens with one attached hydrogen (secondary N) is 1. The molecule has 0 aromatic carbocycles. The molecule has 4 heteroatoms. The third-order valence-electron chi connectivity index (χ3n) is 1.04. The summed E-state index contributed by atoms with van der Waals surface area (Å²) in [5.41, 5.74) is 2.13. The van der Waals surface area contributed by atoms with Gasteiger partial charge in [0.25, 0.3) is 0 Å². The van der Waals surface area contributed by atoms with Crippen LogP contribution < -0.4 is 5.48 Å². The van der Waals surface area contributed by atoms with Crippen molar-refractivity contribution in [1.82, 2.24) is 5.48 Å². The lowest BCUT2D eigenvalue weighted by molar-refractivity contribution is 0.0901. The average Bonchev–Trinajstić information content (AvgIpc) is 2.04. The molecule has 62 valence electrons. The highest BCUT2D eigenvalue weighted by molar-refractivity contribution is 5.65. The maximum atomic E-state index is 10.2. The van der Waals surface area contributed by atoms with Gasteiger partial charge in [0, 0.05) is 6.42 Å². The van der Waals surface area contributed by atoms with Crippen molar-refractivity contribution in [2.75, 3.05) is 6.61 Å². The van der Waals surface area contributed by atoms with Crippen molar-refractivity contribution in [2.45, 2.75) is 6.42 Å². The van der Waals surface area contributed by atoms with Gasteiger partial charge in [-0.05, 0) is 0 Å². The lowest BCUT2D eigenvalue weighted by Crippen LogP contribution is -2.20. The van der Waals surface area contributed by atoms with Crippen molar-refractivity contribution in [3.63, 3.8) is 0 Å². The molecule has 0 unspecified atom stereocenters. The summed E-state index contributed by atoms with van der Waals surface area (Å²) in [6.07, 6.45) is 1.25. The topological polar surface area (TPSA) is 58.6 Å². The van der Waals surface area contributed by atoms with Crippen LogP contribution in [0.1, 0.15) is 6.42 Å². The first-order valence-corrected chi connectivity index (χ1v) is 3.07. The zero-order valence-corrected chi connectivity index (χ0v) is 6.17. The van der Waals surface area contributed by atoms with Gasteiger partial charge in [-0.25, -0.2) is 10.3 Å². The molecule has 0 saturated heterocycles. The van der Waals surface area contributed by atoms with E-state index in [0.717, 1.165) is 5.57 Å². The third kappa shape index (κ3) is 5.17. The van der Waals surface area contributed by atoms with Crippen LogP contribution >= 0.6 is 0 Å². The molecule has 0 radical (unpaired) electrons. The Balaban J connectivity index is 3.34. The van der Waals surface area contributed by atoms with Gasteiger partial charge in [-0.2, -0.15) is 0 Å². The van der Waals surface area contributed by atoms with Gasteiger partial charge >= 0.3 is 6.09 Å². The zero-order chi connectivity index (χ0) is 8.69. The minimum Gasteiger partial charge on any atom is -0.448 e. The number of amides is 1. The van der Waals surface area contributed by atoms with E-state index in [2.05, 4.69) is 17.9 Å². The highest BCUT2D eigenvalue weighted by Gasteiger charge is 1.97. The number of hydrogen-bond donors (Lipinski definition) is 2. The van der Waals surface area contributed by atoms with E-state index >= 15 is 0 Å². The molecule has 11 heavy (non-hydrogen) atoms. The highest BCUT2D eigenvalue weighted by Crippen LogP contribution is 1.97. The molecule has 1 amide bonds. The lowest BCUT2D eigenvalue weighted by atomic mass is 10.2. The summed E-state index contributed by atoms with van der Waals surface area (Å²) in [5, 5.41) is 7.99. The quantitative estimate of drug-likeness (QED) is 0.366. The van der Waals surface area contributed by atoms with Crippen LogP contribution in [0.2, 0.25) is 0 Å². The first-order chi connectivity index (χ1) is 5.20. The van der Waals surface area contributed by atoms with Crippen molar-refractivity contribution in [1.29, 1.82) is 0 Å². The number of hydroxylamine groups is 1. The zero-order valence-electron chi connectivity index (χ0n) is 6.17. The number of hydrogen-bond acceptors (Lipinski definition) is 3. The Hall–Kier alpha value is -1.29. The van der Waals surface area contributed by atoms with Crippen molar-refractivity contribution in [3.8, 4) is 0 Å². The largest absolute Gasteiger partial charge is 0.448 e. The van der Waals surface area contributed by atoms with Gasteiger partial charge in [0.05, 0.1) is 6.61 Å². The normalized spacial score (nSPS) is 8.45. The van der Waals surface area contributed by atoms with Crippen LogP contribution in [0.4, 0.5) is 4.79 Å². The van der Waals surface area contributed by atoms with Gasteiger partial charge in [0.1, 0.15) is 0 Å². The molecule has 0 aromatic heterocycles. The molecule has 0 aliphatic heterocycles. The molecule has 4 nitrogen and oxygen atoms in total. The summed E-state index contributed by atoms with van der Waals surface area (Å²) in [7, 11) is 0. The van der Waals surface area contributed by atoms with Gasteiger partial charge in [0.2, 0.25) is 0 Å². The summed E-state index contributed by atoms with van der Waals surface area (Å²) in [5.74, 6) is 0. The van der Waals surface area contributed by atoms with E-state index in [9.17, 15) is 4.79 Å². The van der Waals surface area contributed by atoms with E-state index in [1.807, 2.05) is 0 Å². The predicted molar refractivity (Wildman–Crippen MR) is 40.2 cm³/mol.